The highest BCUT2D eigenvalue weighted by Crippen LogP contribution is 2.38. The number of ether oxygens (including phenoxy) is 1. The maximum Gasteiger partial charge on any atom is 0.133 e. The zero-order valence-corrected chi connectivity index (χ0v) is 17.8. The van der Waals surface area contributed by atoms with Crippen LogP contribution in [0.2, 0.25) is 0 Å². The molecule has 1 aromatic heterocycles. The van der Waals surface area contributed by atoms with E-state index in [0.29, 0.717) is 39.0 Å². The Bertz CT molecular complexity index is 822. The van der Waals surface area contributed by atoms with Gasteiger partial charge in [-0.25, -0.2) is 0 Å². The van der Waals surface area contributed by atoms with Gasteiger partial charge in [-0.15, -0.1) is 11.8 Å². The minimum absolute atomic E-state index is 0.483. The van der Waals surface area contributed by atoms with Crippen LogP contribution in [0.4, 0.5) is 0 Å². The summed E-state index contributed by atoms with van der Waals surface area (Å²) in [5.74, 6) is 0.940. The van der Waals surface area contributed by atoms with Gasteiger partial charge in [0.2, 0.25) is 0 Å². The second-order valence-electron chi connectivity index (χ2n) is 8.02. The molecule has 6 heteroatoms. The van der Waals surface area contributed by atoms with Gasteiger partial charge in [-0.3, -0.25) is 9.88 Å². The van der Waals surface area contributed by atoms with Gasteiger partial charge in [0.25, 0.3) is 0 Å². The molecule has 5 nitrogen and oxygen atoms in total. The molecule has 1 aromatic carbocycles. The third-order valence-electron chi connectivity index (χ3n) is 6.28. The molecule has 1 aliphatic heterocycles. The standard InChI is InChI=1S/C23H30N2O3S/c1-29-22-19-6-2-4-17(19)7-8-20(22)28-15-9-21(26)25-13-10-23(27,11-14-25)18-5-3-12-24-16-18/h3,5,7-8,12,16,21,26-27H,2,4,6,9-11,13-15H2,1H3. The largest absolute Gasteiger partial charge is 0.492 e. The van der Waals surface area contributed by atoms with E-state index >= 15 is 0 Å². The van der Waals surface area contributed by atoms with Crippen molar-refractivity contribution in [2.45, 2.75) is 55.2 Å². The number of aryl methyl sites for hydroxylation is 1. The van der Waals surface area contributed by atoms with E-state index in [1.54, 1.807) is 24.2 Å². The molecule has 1 atom stereocenters. The van der Waals surface area contributed by atoms with Crippen LogP contribution in [0.1, 0.15) is 42.4 Å². The number of aliphatic hydroxyl groups is 2. The third kappa shape index (κ3) is 4.45. The van der Waals surface area contributed by atoms with E-state index in [1.165, 1.54) is 28.9 Å². The fourth-order valence-electron chi connectivity index (χ4n) is 4.52. The van der Waals surface area contributed by atoms with Crippen molar-refractivity contribution in [1.29, 1.82) is 0 Å². The highest BCUT2D eigenvalue weighted by Gasteiger charge is 2.35. The molecule has 0 saturated carbocycles. The van der Waals surface area contributed by atoms with Gasteiger partial charge in [0.05, 0.1) is 17.1 Å². The number of hydrogen-bond donors (Lipinski definition) is 2. The van der Waals surface area contributed by atoms with E-state index in [-0.39, 0.29) is 0 Å². The van der Waals surface area contributed by atoms with Crippen molar-refractivity contribution in [3.63, 3.8) is 0 Å². The van der Waals surface area contributed by atoms with Crippen molar-refractivity contribution < 1.29 is 14.9 Å². The summed E-state index contributed by atoms with van der Waals surface area (Å²) < 4.78 is 6.06. The lowest BCUT2D eigenvalue weighted by Gasteiger charge is -2.40. The predicted molar refractivity (Wildman–Crippen MR) is 115 cm³/mol. The van der Waals surface area contributed by atoms with Crippen LogP contribution in [0.3, 0.4) is 0 Å². The number of hydrogen-bond acceptors (Lipinski definition) is 6. The first kappa shape index (κ1) is 20.7. The van der Waals surface area contributed by atoms with E-state index in [0.717, 1.165) is 17.7 Å². The molecule has 2 aromatic rings. The molecule has 0 spiro atoms. The Hall–Kier alpha value is -1.60. The van der Waals surface area contributed by atoms with Crippen LogP contribution in [0.25, 0.3) is 0 Å². The summed E-state index contributed by atoms with van der Waals surface area (Å²) in [5.41, 5.74) is 2.91. The average molecular weight is 415 g/mol. The van der Waals surface area contributed by atoms with Gasteiger partial charge in [-0.1, -0.05) is 12.1 Å². The van der Waals surface area contributed by atoms with Crippen LogP contribution in [0, 0.1) is 0 Å². The molecular weight excluding hydrogens is 384 g/mol. The molecule has 0 bridgehead atoms. The lowest BCUT2D eigenvalue weighted by Crippen LogP contribution is -2.47. The molecule has 0 radical (unpaired) electrons. The Morgan fingerprint density at radius 3 is 2.79 bits per heavy atom. The summed E-state index contributed by atoms with van der Waals surface area (Å²) in [5, 5.41) is 21.5. The van der Waals surface area contributed by atoms with Crippen molar-refractivity contribution in [3.8, 4) is 5.75 Å². The maximum atomic E-state index is 10.9. The summed E-state index contributed by atoms with van der Waals surface area (Å²) in [6.07, 6.45) is 10.3. The Labute approximate surface area is 177 Å². The highest BCUT2D eigenvalue weighted by molar-refractivity contribution is 7.98. The minimum Gasteiger partial charge on any atom is -0.492 e. The first-order valence-electron chi connectivity index (χ1n) is 10.5. The van der Waals surface area contributed by atoms with Gasteiger partial charge >= 0.3 is 0 Å². The number of nitrogens with zero attached hydrogens (tertiary/aromatic N) is 2. The van der Waals surface area contributed by atoms with Crippen molar-refractivity contribution in [2.24, 2.45) is 0 Å². The zero-order valence-electron chi connectivity index (χ0n) is 17.0. The fraction of sp³-hybridized carbons (Fsp3) is 0.522. The number of aromatic nitrogens is 1. The first-order valence-corrected chi connectivity index (χ1v) is 11.7. The van der Waals surface area contributed by atoms with Gasteiger partial charge in [-0.2, -0.15) is 0 Å². The number of pyridine rings is 1. The molecule has 1 unspecified atom stereocenters. The Morgan fingerprint density at radius 2 is 2.07 bits per heavy atom. The molecule has 2 N–H and O–H groups in total. The van der Waals surface area contributed by atoms with Crippen LogP contribution >= 0.6 is 11.8 Å². The molecule has 29 heavy (non-hydrogen) atoms. The number of rotatable bonds is 7. The number of piperidine rings is 1. The second kappa shape index (κ2) is 9.04. The molecule has 1 saturated heterocycles. The highest BCUT2D eigenvalue weighted by atomic mass is 32.2. The Kier molecular flexibility index (Phi) is 6.44. The van der Waals surface area contributed by atoms with Gasteiger partial charge in [0, 0.05) is 37.5 Å². The summed E-state index contributed by atoms with van der Waals surface area (Å²) in [7, 11) is 0. The quantitative estimate of drug-likeness (QED) is 0.678. The normalized spacial score (nSPS) is 19.7. The maximum absolute atomic E-state index is 10.9. The van der Waals surface area contributed by atoms with Gasteiger partial charge in [0.1, 0.15) is 12.0 Å². The van der Waals surface area contributed by atoms with E-state index in [1.807, 2.05) is 17.0 Å². The monoisotopic (exact) mass is 414 g/mol. The van der Waals surface area contributed by atoms with E-state index < -0.39 is 11.8 Å². The lowest BCUT2D eigenvalue weighted by molar-refractivity contribution is -0.0820. The first-order chi connectivity index (χ1) is 14.1. The lowest BCUT2D eigenvalue weighted by atomic mass is 9.85. The molecular formula is C23H30N2O3S. The van der Waals surface area contributed by atoms with Crippen molar-refractivity contribution in [1.82, 2.24) is 9.88 Å². The van der Waals surface area contributed by atoms with E-state index in [4.69, 9.17) is 4.74 Å². The molecule has 2 aliphatic rings. The average Bonchev–Trinajstić information content (AvgIpc) is 3.23. The Morgan fingerprint density at radius 1 is 1.24 bits per heavy atom. The topological polar surface area (TPSA) is 65.8 Å². The van der Waals surface area contributed by atoms with Crippen molar-refractivity contribution >= 4 is 11.8 Å². The molecule has 2 heterocycles. The Balaban J connectivity index is 1.29. The molecule has 4 rings (SSSR count). The number of aliphatic hydroxyl groups excluding tert-OH is 1. The molecule has 0 amide bonds. The second-order valence-corrected chi connectivity index (χ2v) is 8.83. The molecule has 156 valence electrons. The van der Waals surface area contributed by atoms with Gasteiger partial charge in [0.15, 0.2) is 0 Å². The number of thioether (sulfide) groups is 1. The van der Waals surface area contributed by atoms with Crippen molar-refractivity contribution in [3.05, 3.63) is 53.3 Å². The van der Waals surface area contributed by atoms with Gasteiger partial charge in [-0.05, 0) is 61.6 Å². The van der Waals surface area contributed by atoms with Crippen LogP contribution in [-0.4, -0.2) is 52.3 Å². The number of benzene rings is 1. The van der Waals surface area contributed by atoms with Crippen LogP contribution < -0.4 is 4.74 Å². The summed E-state index contributed by atoms with van der Waals surface area (Å²) in [6.45, 7) is 1.79. The van der Waals surface area contributed by atoms with Gasteiger partial charge < -0.3 is 14.9 Å². The van der Waals surface area contributed by atoms with E-state index in [9.17, 15) is 10.2 Å². The predicted octanol–water partition coefficient (Wildman–Crippen LogP) is 3.36. The van der Waals surface area contributed by atoms with Crippen LogP contribution in [0.15, 0.2) is 41.6 Å². The zero-order chi connectivity index (χ0) is 20.3. The van der Waals surface area contributed by atoms with Crippen molar-refractivity contribution in [2.75, 3.05) is 26.0 Å². The SMILES string of the molecule is CSc1c(OCCC(O)N2CCC(O)(c3cccnc3)CC2)ccc2c1CCC2. The molecule has 1 fully saturated rings. The molecule has 1 aliphatic carbocycles. The number of likely N-dealkylation sites (tertiary alicyclic amines) is 1. The number of fused-ring (bicyclic) bond motifs is 1. The third-order valence-corrected chi connectivity index (χ3v) is 7.13. The van der Waals surface area contributed by atoms with Crippen LogP contribution in [-0.2, 0) is 18.4 Å². The fourth-order valence-corrected chi connectivity index (χ4v) is 5.33. The van der Waals surface area contributed by atoms with E-state index in [2.05, 4.69) is 23.4 Å². The summed E-state index contributed by atoms with van der Waals surface area (Å²) in [6, 6.07) is 8.05. The minimum atomic E-state index is -0.849. The summed E-state index contributed by atoms with van der Waals surface area (Å²) in [4.78, 5) is 7.42. The van der Waals surface area contributed by atoms with Crippen LogP contribution in [0.5, 0.6) is 5.75 Å². The smallest absolute Gasteiger partial charge is 0.133 e. The summed E-state index contributed by atoms with van der Waals surface area (Å²) >= 11 is 1.75.